The number of aromatic nitrogens is 1. The molecule has 25 heavy (non-hydrogen) atoms. The molecule has 1 aliphatic rings. The average molecular weight is 378 g/mol. The Labute approximate surface area is 150 Å². The van der Waals surface area contributed by atoms with E-state index in [0.29, 0.717) is 10.7 Å². The molecule has 1 aromatic carbocycles. The first-order valence-corrected chi connectivity index (χ1v) is 10.6. The Morgan fingerprint density at radius 2 is 1.92 bits per heavy atom. The van der Waals surface area contributed by atoms with Gasteiger partial charge in [-0.25, -0.2) is 13.4 Å². The van der Waals surface area contributed by atoms with Gasteiger partial charge in [-0.1, -0.05) is 12.1 Å². The van der Waals surface area contributed by atoms with Crippen molar-refractivity contribution >= 4 is 37.9 Å². The fraction of sp³-hybridized carbons (Fsp3) is 0.312. The molecular weight excluding hydrogens is 360 g/mol. The van der Waals surface area contributed by atoms with Crippen molar-refractivity contribution in [1.82, 2.24) is 9.99 Å². The molecular formula is C16H18N4O3S2. The first kappa shape index (κ1) is 17.6. The fourth-order valence-electron chi connectivity index (χ4n) is 2.48. The molecule has 2 aromatic rings. The van der Waals surface area contributed by atoms with E-state index >= 15 is 0 Å². The van der Waals surface area contributed by atoms with E-state index < -0.39 is 9.84 Å². The van der Waals surface area contributed by atoms with Crippen molar-refractivity contribution < 1.29 is 13.2 Å². The number of anilines is 1. The van der Waals surface area contributed by atoms with Crippen LogP contribution in [0.4, 0.5) is 5.13 Å². The molecule has 0 aliphatic carbocycles. The number of nitrogens with one attached hydrogen (secondary N) is 1. The predicted octanol–water partition coefficient (Wildman–Crippen LogP) is 1.99. The molecule has 2 heterocycles. The largest absolute Gasteiger partial charge is 0.296 e. The maximum Gasteiger partial charge on any atom is 0.278 e. The summed E-state index contributed by atoms with van der Waals surface area (Å²) in [6, 6.07) is 6.18. The van der Waals surface area contributed by atoms with Crippen LogP contribution < -0.4 is 5.32 Å². The summed E-state index contributed by atoms with van der Waals surface area (Å²) in [6.07, 6.45) is 4.84. The van der Waals surface area contributed by atoms with Gasteiger partial charge in [0.2, 0.25) is 0 Å². The SMILES string of the molecule is CS(=O)(=O)c1ccc(C(=NN2CCCC2)C(=O)Nc2nccs2)cc1. The van der Waals surface area contributed by atoms with Crippen molar-refractivity contribution in [2.75, 3.05) is 24.7 Å². The molecule has 7 nitrogen and oxygen atoms in total. The summed E-state index contributed by atoms with van der Waals surface area (Å²) in [7, 11) is -3.29. The van der Waals surface area contributed by atoms with Crippen molar-refractivity contribution in [3.05, 3.63) is 41.4 Å². The van der Waals surface area contributed by atoms with E-state index in [0.717, 1.165) is 32.2 Å². The molecule has 1 N–H and O–H groups in total. The van der Waals surface area contributed by atoms with E-state index in [1.54, 1.807) is 23.7 Å². The highest BCUT2D eigenvalue weighted by atomic mass is 32.2. The summed E-state index contributed by atoms with van der Waals surface area (Å²) >= 11 is 1.32. The Bertz CT molecular complexity index is 869. The Morgan fingerprint density at radius 3 is 2.48 bits per heavy atom. The highest BCUT2D eigenvalue weighted by Crippen LogP contribution is 2.16. The van der Waals surface area contributed by atoms with E-state index in [4.69, 9.17) is 0 Å². The van der Waals surface area contributed by atoms with Crippen molar-refractivity contribution in [3.8, 4) is 0 Å². The van der Waals surface area contributed by atoms with Crippen LogP contribution in [0, 0.1) is 0 Å². The summed E-state index contributed by atoms with van der Waals surface area (Å²) in [6.45, 7) is 1.60. The van der Waals surface area contributed by atoms with E-state index in [-0.39, 0.29) is 16.5 Å². The number of benzene rings is 1. The monoisotopic (exact) mass is 378 g/mol. The van der Waals surface area contributed by atoms with E-state index in [2.05, 4.69) is 15.4 Å². The van der Waals surface area contributed by atoms with Gasteiger partial charge in [0.1, 0.15) is 0 Å². The second-order valence-electron chi connectivity index (χ2n) is 5.70. The second kappa shape index (κ2) is 7.32. The Balaban J connectivity index is 1.91. The minimum absolute atomic E-state index is 0.206. The van der Waals surface area contributed by atoms with Crippen LogP contribution in [0.2, 0.25) is 0 Å². The number of amides is 1. The molecule has 0 bridgehead atoms. The second-order valence-corrected chi connectivity index (χ2v) is 8.61. The summed E-state index contributed by atoms with van der Waals surface area (Å²) in [5, 5.41) is 11.3. The zero-order valence-electron chi connectivity index (χ0n) is 13.7. The number of sulfone groups is 1. The lowest BCUT2D eigenvalue weighted by atomic mass is 10.1. The van der Waals surface area contributed by atoms with Gasteiger partial charge in [-0.05, 0) is 25.0 Å². The van der Waals surface area contributed by atoms with Crippen LogP contribution in [0.3, 0.4) is 0 Å². The van der Waals surface area contributed by atoms with Crippen LogP contribution in [0.25, 0.3) is 0 Å². The topological polar surface area (TPSA) is 91.7 Å². The van der Waals surface area contributed by atoms with Gasteiger partial charge >= 0.3 is 0 Å². The van der Waals surface area contributed by atoms with Crippen molar-refractivity contribution in [3.63, 3.8) is 0 Å². The summed E-state index contributed by atoms with van der Waals surface area (Å²) in [5.41, 5.74) is 0.811. The lowest BCUT2D eigenvalue weighted by Gasteiger charge is -2.14. The molecule has 0 atom stereocenters. The van der Waals surface area contributed by atoms with Crippen molar-refractivity contribution in [1.29, 1.82) is 0 Å². The van der Waals surface area contributed by atoms with Gasteiger partial charge in [-0.2, -0.15) is 5.10 Å². The van der Waals surface area contributed by atoms with Crippen LogP contribution in [-0.4, -0.2) is 49.4 Å². The molecule has 1 aliphatic heterocycles. The van der Waals surface area contributed by atoms with Gasteiger partial charge in [0.15, 0.2) is 20.7 Å². The molecule has 0 spiro atoms. The summed E-state index contributed by atoms with van der Waals surface area (Å²) in [4.78, 5) is 16.9. The maximum atomic E-state index is 12.7. The molecule has 0 radical (unpaired) electrons. The number of hydrogen-bond acceptors (Lipinski definition) is 7. The summed E-state index contributed by atoms with van der Waals surface area (Å²) < 4.78 is 23.2. The first-order valence-electron chi connectivity index (χ1n) is 7.78. The minimum Gasteiger partial charge on any atom is -0.296 e. The van der Waals surface area contributed by atoms with Gasteiger partial charge in [0.25, 0.3) is 5.91 Å². The first-order chi connectivity index (χ1) is 11.9. The standard InChI is InChI=1S/C16H18N4O3S2/c1-25(22,23)13-6-4-12(5-7-13)14(19-20-9-2-3-10-20)15(21)18-16-17-8-11-24-16/h4-8,11H,2-3,9-10H2,1H3,(H,17,18,21). The predicted molar refractivity (Wildman–Crippen MR) is 97.6 cm³/mol. The highest BCUT2D eigenvalue weighted by molar-refractivity contribution is 7.90. The molecule has 0 saturated carbocycles. The van der Waals surface area contributed by atoms with Gasteiger partial charge < -0.3 is 0 Å². The molecule has 1 amide bonds. The quantitative estimate of drug-likeness (QED) is 0.804. The number of nitrogens with zero attached hydrogens (tertiary/aromatic N) is 3. The molecule has 3 rings (SSSR count). The normalized spacial score (nSPS) is 15.4. The third kappa shape index (κ3) is 4.43. The smallest absolute Gasteiger partial charge is 0.278 e. The maximum absolute atomic E-state index is 12.7. The molecule has 0 unspecified atom stereocenters. The Kier molecular flexibility index (Phi) is 5.14. The number of hydrazone groups is 1. The van der Waals surface area contributed by atoms with Crippen LogP contribution in [0.15, 0.2) is 45.8 Å². The Morgan fingerprint density at radius 1 is 1.24 bits per heavy atom. The number of thiazole rings is 1. The summed E-state index contributed by atoms with van der Waals surface area (Å²) in [5.74, 6) is -0.367. The van der Waals surface area contributed by atoms with Gasteiger partial charge in [-0.15, -0.1) is 11.3 Å². The molecule has 132 valence electrons. The van der Waals surface area contributed by atoms with Gasteiger partial charge in [0.05, 0.1) is 4.90 Å². The van der Waals surface area contributed by atoms with Gasteiger partial charge in [-0.3, -0.25) is 15.1 Å². The Hall–Kier alpha value is -2.26. The van der Waals surface area contributed by atoms with Crippen LogP contribution in [0.5, 0.6) is 0 Å². The fourth-order valence-corrected chi connectivity index (χ4v) is 3.63. The minimum atomic E-state index is -3.29. The number of hydrogen-bond donors (Lipinski definition) is 1. The van der Waals surface area contributed by atoms with Crippen molar-refractivity contribution in [2.45, 2.75) is 17.7 Å². The number of carbonyl (C=O) groups excluding carboxylic acids is 1. The third-order valence-corrected chi connectivity index (χ3v) is 5.56. The highest BCUT2D eigenvalue weighted by Gasteiger charge is 2.19. The molecule has 9 heteroatoms. The van der Waals surface area contributed by atoms with E-state index in [9.17, 15) is 13.2 Å². The average Bonchev–Trinajstić information content (AvgIpc) is 3.25. The van der Waals surface area contributed by atoms with Gasteiger partial charge in [0, 0.05) is 36.5 Å². The van der Waals surface area contributed by atoms with Crippen molar-refractivity contribution in [2.24, 2.45) is 5.10 Å². The van der Waals surface area contributed by atoms with Crippen LogP contribution in [-0.2, 0) is 14.6 Å². The zero-order valence-corrected chi connectivity index (χ0v) is 15.3. The lowest BCUT2D eigenvalue weighted by Crippen LogP contribution is -2.27. The van der Waals surface area contributed by atoms with Crippen LogP contribution in [0.1, 0.15) is 18.4 Å². The number of carbonyl (C=O) groups is 1. The third-order valence-electron chi connectivity index (χ3n) is 3.75. The zero-order chi connectivity index (χ0) is 17.9. The molecule has 1 aromatic heterocycles. The van der Waals surface area contributed by atoms with E-state index in [1.165, 1.54) is 23.5 Å². The lowest BCUT2D eigenvalue weighted by molar-refractivity contribution is -0.110. The molecule has 1 fully saturated rings. The number of rotatable bonds is 5. The van der Waals surface area contributed by atoms with E-state index in [1.807, 2.05) is 5.01 Å². The van der Waals surface area contributed by atoms with Crippen LogP contribution >= 0.6 is 11.3 Å². The molecule has 1 saturated heterocycles.